The average Bonchev–Trinajstić information content (AvgIpc) is 2.66. The zero-order valence-electron chi connectivity index (χ0n) is 14.8. The second kappa shape index (κ2) is 10.8. The van der Waals surface area contributed by atoms with Crippen LogP contribution in [0, 0.1) is 0 Å². The Bertz CT molecular complexity index is 864. The minimum absolute atomic E-state index is 0.0612. The van der Waals surface area contributed by atoms with E-state index in [-0.39, 0.29) is 11.7 Å². The summed E-state index contributed by atoms with van der Waals surface area (Å²) in [5.41, 5.74) is 5.15. The van der Waals surface area contributed by atoms with Crippen LogP contribution in [0.5, 0.6) is 11.5 Å². The van der Waals surface area contributed by atoms with Crippen LogP contribution >= 0.6 is 39.7 Å². The van der Waals surface area contributed by atoms with Crippen molar-refractivity contribution in [3.05, 3.63) is 57.5 Å². The van der Waals surface area contributed by atoms with Crippen molar-refractivity contribution in [3.63, 3.8) is 0 Å². The minimum atomic E-state index is -0.503. The SMILES string of the molecule is CCOc1ccc(C(=O)NC(=S)NNC(=O)COc2ccc(Br)cc2Cl)cc1. The topological polar surface area (TPSA) is 88.7 Å². The van der Waals surface area contributed by atoms with Gasteiger partial charge in [0.2, 0.25) is 0 Å². The molecular formula is C18H17BrClN3O4S. The second-order valence-electron chi connectivity index (χ2n) is 5.28. The van der Waals surface area contributed by atoms with E-state index < -0.39 is 11.8 Å². The Labute approximate surface area is 180 Å². The van der Waals surface area contributed by atoms with Gasteiger partial charge in [-0.05, 0) is 61.6 Å². The zero-order chi connectivity index (χ0) is 20.5. The fourth-order valence-electron chi connectivity index (χ4n) is 1.97. The van der Waals surface area contributed by atoms with Crippen molar-refractivity contribution in [2.24, 2.45) is 0 Å². The number of halogens is 2. The summed E-state index contributed by atoms with van der Waals surface area (Å²) in [5.74, 6) is 0.105. The number of thiocarbonyl (C=S) groups is 1. The number of ether oxygens (including phenoxy) is 2. The van der Waals surface area contributed by atoms with E-state index in [4.69, 9.17) is 33.3 Å². The number of benzene rings is 2. The molecule has 0 aromatic heterocycles. The summed E-state index contributed by atoms with van der Waals surface area (Å²) in [6, 6.07) is 11.6. The first-order valence-corrected chi connectivity index (χ1v) is 9.68. The van der Waals surface area contributed by atoms with E-state index in [1.165, 1.54) is 0 Å². The van der Waals surface area contributed by atoms with E-state index in [1.807, 2.05) is 6.92 Å². The van der Waals surface area contributed by atoms with E-state index in [1.54, 1.807) is 42.5 Å². The molecule has 0 aliphatic heterocycles. The van der Waals surface area contributed by atoms with Crippen molar-refractivity contribution in [2.75, 3.05) is 13.2 Å². The van der Waals surface area contributed by atoms with Gasteiger partial charge in [-0.15, -0.1) is 0 Å². The maximum absolute atomic E-state index is 12.1. The van der Waals surface area contributed by atoms with Crippen LogP contribution in [0.25, 0.3) is 0 Å². The average molecular weight is 487 g/mol. The summed E-state index contributed by atoms with van der Waals surface area (Å²) in [4.78, 5) is 23.9. The van der Waals surface area contributed by atoms with Gasteiger partial charge in [0.25, 0.3) is 11.8 Å². The van der Waals surface area contributed by atoms with Crippen LogP contribution in [0.1, 0.15) is 17.3 Å². The summed E-state index contributed by atoms with van der Waals surface area (Å²) < 4.78 is 11.4. The van der Waals surface area contributed by atoms with E-state index in [9.17, 15) is 9.59 Å². The predicted octanol–water partition coefficient (Wildman–Crippen LogP) is 3.22. The molecule has 0 atom stereocenters. The van der Waals surface area contributed by atoms with Crippen molar-refractivity contribution in [3.8, 4) is 11.5 Å². The van der Waals surface area contributed by atoms with Crippen LogP contribution in [-0.4, -0.2) is 30.1 Å². The minimum Gasteiger partial charge on any atom is -0.494 e. The number of hydrazine groups is 1. The van der Waals surface area contributed by atoms with Crippen molar-refractivity contribution in [2.45, 2.75) is 6.92 Å². The molecule has 0 saturated heterocycles. The molecule has 0 spiro atoms. The smallest absolute Gasteiger partial charge is 0.276 e. The molecule has 0 unspecified atom stereocenters. The highest BCUT2D eigenvalue weighted by molar-refractivity contribution is 9.10. The van der Waals surface area contributed by atoms with Crippen molar-refractivity contribution >= 4 is 56.7 Å². The molecule has 28 heavy (non-hydrogen) atoms. The third-order valence-electron chi connectivity index (χ3n) is 3.22. The molecule has 2 aromatic carbocycles. The number of amides is 2. The molecular weight excluding hydrogens is 470 g/mol. The van der Waals surface area contributed by atoms with Gasteiger partial charge in [0.15, 0.2) is 11.7 Å². The Morgan fingerprint density at radius 3 is 2.46 bits per heavy atom. The van der Waals surface area contributed by atoms with Crippen LogP contribution in [0.4, 0.5) is 0 Å². The Balaban J connectivity index is 1.75. The lowest BCUT2D eigenvalue weighted by molar-refractivity contribution is -0.123. The highest BCUT2D eigenvalue weighted by atomic mass is 79.9. The summed E-state index contributed by atoms with van der Waals surface area (Å²) in [7, 11) is 0. The summed E-state index contributed by atoms with van der Waals surface area (Å²) >= 11 is 14.3. The first-order chi connectivity index (χ1) is 13.4. The number of hydrogen-bond donors (Lipinski definition) is 3. The second-order valence-corrected chi connectivity index (χ2v) is 7.01. The highest BCUT2D eigenvalue weighted by Crippen LogP contribution is 2.27. The van der Waals surface area contributed by atoms with Crippen LogP contribution in [0.15, 0.2) is 46.9 Å². The normalized spacial score (nSPS) is 9.96. The third-order valence-corrected chi connectivity index (χ3v) is 4.22. The molecule has 0 saturated carbocycles. The number of rotatable bonds is 6. The Kier molecular flexibility index (Phi) is 8.49. The van der Waals surface area contributed by atoms with Gasteiger partial charge in [-0.25, -0.2) is 0 Å². The fraction of sp³-hybridized carbons (Fsp3) is 0.167. The first kappa shape index (κ1) is 21.9. The van der Waals surface area contributed by atoms with Crippen molar-refractivity contribution < 1.29 is 19.1 Å². The fourth-order valence-corrected chi connectivity index (χ4v) is 2.85. The quantitative estimate of drug-likeness (QED) is 0.429. The standard InChI is InChI=1S/C18H17BrClN3O4S/c1-2-26-13-6-3-11(4-7-13)17(25)21-18(28)23-22-16(24)10-27-15-8-5-12(19)9-14(15)20/h3-9H,2,10H2,1H3,(H,22,24)(H2,21,23,25,28). The summed E-state index contributed by atoms with van der Waals surface area (Å²) in [6.45, 7) is 2.12. The van der Waals surface area contributed by atoms with Crippen LogP contribution in [0.2, 0.25) is 5.02 Å². The Morgan fingerprint density at radius 1 is 1.11 bits per heavy atom. The predicted molar refractivity (Wildman–Crippen MR) is 114 cm³/mol. The van der Waals surface area contributed by atoms with Crippen LogP contribution < -0.4 is 25.6 Å². The van der Waals surface area contributed by atoms with E-state index in [2.05, 4.69) is 32.1 Å². The lowest BCUT2D eigenvalue weighted by Gasteiger charge is -2.12. The maximum Gasteiger partial charge on any atom is 0.276 e. The van der Waals surface area contributed by atoms with Crippen LogP contribution in [0.3, 0.4) is 0 Å². The van der Waals surface area contributed by atoms with Gasteiger partial charge < -0.3 is 9.47 Å². The Hall–Kier alpha value is -2.36. The van der Waals surface area contributed by atoms with Gasteiger partial charge in [0.05, 0.1) is 11.6 Å². The number of nitrogens with one attached hydrogen (secondary N) is 3. The van der Waals surface area contributed by atoms with Gasteiger partial charge >= 0.3 is 0 Å². The monoisotopic (exact) mass is 485 g/mol. The van der Waals surface area contributed by atoms with Crippen molar-refractivity contribution in [1.82, 2.24) is 16.2 Å². The molecule has 0 bridgehead atoms. The lowest BCUT2D eigenvalue weighted by atomic mass is 10.2. The zero-order valence-corrected chi connectivity index (χ0v) is 17.9. The van der Waals surface area contributed by atoms with Gasteiger partial charge in [-0.1, -0.05) is 27.5 Å². The summed E-state index contributed by atoms with van der Waals surface area (Å²) in [5, 5.41) is 2.76. The van der Waals surface area contributed by atoms with Gasteiger partial charge in [0, 0.05) is 10.0 Å². The van der Waals surface area contributed by atoms with Gasteiger partial charge in [0.1, 0.15) is 11.5 Å². The molecule has 2 amide bonds. The molecule has 0 fully saturated rings. The number of carbonyl (C=O) groups excluding carboxylic acids is 2. The number of hydrogen-bond acceptors (Lipinski definition) is 5. The van der Waals surface area contributed by atoms with E-state index in [0.29, 0.717) is 28.7 Å². The van der Waals surface area contributed by atoms with E-state index in [0.717, 1.165) is 4.47 Å². The molecule has 10 heteroatoms. The molecule has 3 N–H and O–H groups in total. The van der Waals surface area contributed by atoms with E-state index >= 15 is 0 Å². The molecule has 0 aliphatic carbocycles. The molecule has 2 rings (SSSR count). The molecule has 0 heterocycles. The molecule has 2 aromatic rings. The van der Waals surface area contributed by atoms with Crippen LogP contribution in [-0.2, 0) is 4.79 Å². The third kappa shape index (κ3) is 6.99. The highest BCUT2D eigenvalue weighted by Gasteiger charge is 2.10. The maximum atomic E-state index is 12.1. The summed E-state index contributed by atoms with van der Waals surface area (Å²) in [6.07, 6.45) is 0. The molecule has 0 radical (unpaired) electrons. The number of carbonyl (C=O) groups is 2. The van der Waals surface area contributed by atoms with Crippen molar-refractivity contribution in [1.29, 1.82) is 0 Å². The van der Waals surface area contributed by atoms with Gasteiger partial charge in [-0.3, -0.25) is 25.8 Å². The largest absolute Gasteiger partial charge is 0.494 e. The first-order valence-electron chi connectivity index (χ1n) is 8.10. The molecule has 7 nitrogen and oxygen atoms in total. The van der Waals surface area contributed by atoms with Gasteiger partial charge in [-0.2, -0.15) is 0 Å². The molecule has 148 valence electrons. The molecule has 0 aliphatic rings. The Morgan fingerprint density at radius 2 is 1.82 bits per heavy atom. The lowest BCUT2D eigenvalue weighted by Crippen LogP contribution is -2.49.